The number of nitrogens with zero attached hydrogens (tertiary/aromatic N) is 1. The van der Waals surface area contributed by atoms with Gasteiger partial charge in [0.15, 0.2) is 0 Å². The first-order chi connectivity index (χ1) is 8.24. The lowest BCUT2D eigenvalue weighted by Crippen LogP contribution is -2.39. The highest BCUT2D eigenvalue weighted by molar-refractivity contribution is 5.84. The van der Waals surface area contributed by atoms with E-state index in [0.29, 0.717) is 12.6 Å². The lowest BCUT2D eigenvalue weighted by Gasteiger charge is -2.26. The van der Waals surface area contributed by atoms with E-state index < -0.39 is 0 Å². The molecule has 0 bridgehead atoms. The van der Waals surface area contributed by atoms with Gasteiger partial charge < -0.3 is 10.6 Å². The van der Waals surface area contributed by atoms with Crippen molar-refractivity contribution in [1.29, 1.82) is 0 Å². The third-order valence-corrected chi connectivity index (χ3v) is 3.57. The van der Waals surface area contributed by atoms with Gasteiger partial charge in [0.1, 0.15) is 0 Å². The van der Waals surface area contributed by atoms with Crippen LogP contribution in [0.1, 0.15) is 31.2 Å². The van der Waals surface area contributed by atoms with E-state index in [1.807, 2.05) is 35.2 Å². The van der Waals surface area contributed by atoms with E-state index in [2.05, 4.69) is 6.92 Å². The molecule has 3 heteroatoms. The second-order valence-electron chi connectivity index (χ2n) is 4.72. The third kappa shape index (κ3) is 2.50. The zero-order valence-electron chi connectivity index (χ0n) is 10.3. The zero-order chi connectivity index (χ0) is 12.3. The van der Waals surface area contributed by atoms with E-state index in [9.17, 15) is 4.79 Å². The molecule has 0 spiro atoms. The van der Waals surface area contributed by atoms with Gasteiger partial charge in [-0.05, 0) is 25.3 Å². The Kier molecular flexibility index (Phi) is 3.79. The third-order valence-electron chi connectivity index (χ3n) is 3.57. The molecule has 1 aliphatic heterocycles. The molecule has 0 aromatic heterocycles. The minimum absolute atomic E-state index is 0.184. The predicted molar refractivity (Wildman–Crippen MR) is 68.6 cm³/mol. The zero-order valence-corrected chi connectivity index (χ0v) is 10.3. The van der Waals surface area contributed by atoms with Gasteiger partial charge in [0.05, 0.1) is 5.92 Å². The summed E-state index contributed by atoms with van der Waals surface area (Å²) in [5, 5.41) is 0. The smallest absolute Gasteiger partial charge is 0.231 e. The number of benzene rings is 1. The van der Waals surface area contributed by atoms with Crippen molar-refractivity contribution in [3.05, 3.63) is 35.9 Å². The molecule has 2 unspecified atom stereocenters. The van der Waals surface area contributed by atoms with Crippen molar-refractivity contribution in [2.45, 2.75) is 31.7 Å². The van der Waals surface area contributed by atoms with Gasteiger partial charge in [0.25, 0.3) is 0 Å². The Morgan fingerprint density at radius 1 is 1.47 bits per heavy atom. The standard InChI is InChI=1S/C14H20N2O/c1-11-6-5-9-16(11)14(17)13(10-15)12-7-3-2-4-8-12/h2-4,7-8,11,13H,5-6,9-10,15H2,1H3. The fraction of sp³-hybridized carbons (Fsp3) is 0.500. The Morgan fingerprint density at radius 3 is 2.71 bits per heavy atom. The van der Waals surface area contributed by atoms with Crippen LogP contribution in [0.2, 0.25) is 0 Å². The first kappa shape index (κ1) is 12.1. The van der Waals surface area contributed by atoms with E-state index in [-0.39, 0.29) is 11.8 Å². The van der Waals surface area contributed by atoms with Crippen LogP contribution in [0, 0.1) is 0 Å². The molecule has 17 heavy (non-hydrogen) atoms. The highest BCUT2D eigenvalue weighted by atomic mass is 16.2. The lowest BCUT2D eigenvalue weighted by atomic mass is 9.97. The number of hydrogen-bond donors (Lipinski definition) is 1. The molecule has 1 fully saturated rings. The average molecular weight is 232 g/mol. The Labute approximate surface area is 103 Å². The predicted octanol–water partition coefficient (Wildman–Crippen LogP) is 1.74. The van der Waals surface area contributed by atoms with Crippen LogP contribution in [0.3, 0.4) is 0 Å². The SMILES string of the molecule is CC1CCCN1C(=O)C(CN)c1ccccc1. The normalized spacial score (nSPS) is 21.5. The molecule has 1 aromatic rings. The lowest BCUT2D eigenvalue weighted by molar-refractivity contribution is -0.133. The summed E-state index contributed by atoms with van der Waals surface area (Å²) in [5.41, 5.74) is 6.80. The molecule has 1 amide bonds. The minimum atomic E-state index is -0.184. The molecule has 3 nitrogen and oxygen atoms in total. The summed E-state index contributed by atoms with van der Waals surface area (Å²) in [5.74, 6) is 0.000417. The van der Waals surface area contributed by atoms with Gasteiger partial charge in [-0.2, -0.15) is 0 Å². The van der Waals surface area contributed by atoms with E-state index >= 15 is 0 Å². The maximum absolute atomic E-state index is 12.4. The summed E-state index contributed by atoms with van der Waals surface area (Å²) in [4.78, 5) is 14.4. The molecule has 1 heterocycles. The van der Waals surface area contributed by atoms with E-state index in [1.165, 1.54) is 0 Å². The summed E-state index contributed by atoms with van der Waals surface area (Å²) in [6.07, 6.45) is 2.22. The Morgan fingerprint density at radius 2 is 2.18 bits per heavy atom. The molecule has 2 rings (SSSR count). The van der Waals surface area contributed by atoms with Crippen molar-refractivity contribution in [1.82, 2.24) is 4.90 Å². The monoisotopic (exact) mass is 232 g/mol. The molecule has 0 saturated carbocycles. The van der Waals surface area contributed by atoms with Gasteiger partial charge in [-0.3, -0.25) is 4.79 Å². The average Bonchev–Trinajstić information content (AvgIpc) is 2.77. The number of carbonyl (C=O) groups excluding carboxylic acids is 1. The van der Waals surface area contributed by atoms with Crippen LogP contribution in [0.25, 0.3) is 0 Å². The number of hydrogen-bond acceptors (Lipinski definition) is 2. The largest absolute Gasteiger partial charge is 0.339 e. The van der Waals surface area contributed by atoms with Crippen molar-refractivity contribution < 1.29 is 4.79 Å². The molecule has 0 radical (unpaired) electrons. The van der Waals surface area contributed by atoms with E-state index in [1.54, 1.807) is 0 Å². The highest BCUT2D eigenvalue weighted by Crippen LogP contribution is 2.23. The molecule has 2 N–H and O–H groups in total. The van der Waals surface area contributed by atoms with Crippen molar-refractivity contribution >= 4 is 5.91 Å². The fourth-order valence-corrected chi connectivity index (χ4v) is 2.53. The van der Waals surface area contributed by atoms with Crippen LogP contribution in [0.15, 0.2) is 30.3 Å². The Balaban J connectivity index is 2.16. The summed E-state index contributed by atoms with van der Waals surface area (Å²) in [6, 6.07) is 10.2. The minimum Gasteiger partial charge on any atom is -0.339 e. The van der Waals surface area contributed by atoms with Crippen LogP contribution in [0.4, 0.5) is 0 Å². The second kappa shape index (κ2) is 5.32. The van der Waals surface area contributed by atoms with Crippen LogP contribution < -0.4 is 5.73 Å². The number of amides is 1. The van der Waals surface area contributed by atoms with Gasteiger partial charge in [-0.15, -0.1) is 0 Å². The second-order valence-corrected chi connectivity index (χ2v) is 4.72. The number of carbonyl (C=O) groups is 1. The molecule has 2 atom stereocenters. The number of likely N-dealkylation sites (tertiary alicyclic amines) is 1. The van der Waals surface area contributed by atoms with Gasteiger partial charge in [0.2, 0.25) is 5.91 Å². The van der Waals surface area contributed by atoms with Crippen LogP contribution in [-0.4, -0.2) is 29.9 Å². The highest BCUT2D eigenvalue weighted by Gasteiger charge is 2.30. The van der Waals surface area contributed by atoms with Crippen LogP contribution in [-0.2, 0) is 4.79 Å². The van der Waals surface area contributed by atoms with Gasteiger partial charge in [-0.25, -0.2) is 0 Å². The Hall–Kier alpha value is -1.35. The van der Waals surface area contributed by atoms with Gasteiger partial charge >= 0.3 is 0 Å². The van der Waals surface area contributed by atoms with Crippen LogP contribution in [0.5, 0.6) is 0 Å². The quantitative estimate of drug-likeness (QED) is 0.863. The maximum atomic E-state index is 12.4. The number of nitrogens with two attached hydrogens (primary N) is 1. The molecular formula is C14H20N2O. The molecule has 1 aromatic carbocycles. The first-order valence-electron chi connectivity index (χ1n) is 6.29. The van der Waals surface area contributed by atoms with Crippen molar-refractivity contribution in [2.75, 3.05) is 13.1 Å². The summed E-state index contributed by atoms with van der Waals surface area (Å²) in [6.45, 7) is 3.37. The van der Waals surface area contributed by atoms with E-state index in [0.717, 1.165) is 24.9 Å². The molecule has 92 valence electrons. The summed E-state index contributed by atoms with van der Waals surface area (Å²) in [7, 11) is 0. The molecular weight excluding hydrogens is 212 g/mol. The number of rotatable bonds is 3. The van der Waals surface area contributed by atoms with E-state index in [4.69, 9.17) is 5.73 Å². The molecule has 1 aliphatic rings. The topological polar surface area (TPSA) is 46.3 Å². The van der Waals surface area contributed by atoms with Gasteiger partial charge in [0, 0.05) is 19.1 Å². The fourth-order valence-electron chi connectivity index (χ4n) is 2.53. The maximum Gasteiger partial charge on any atom is 0.231 e. The van der Waals surface area contributed by atoms with Crippen molar-refractivity contribution in [3.8, 4) is 0 Å². The van der Waals surface area contributed by atoms with Gasteiger partial charge in [-0.1, -0.05) is 30.3 Å². The first-order valence-corrected chi connectivity index (χ1v) is 6.29. The van der Waals surface area contributed by atoms with Crippen molar-refractivity contribution in [2.24, 2.45) is 5.73 Å². The van der Waals surface area contributed by atoms with Crippen molar-refractivity contribution in [3.63, 3.8) is 0 Å². The summed E-state index contributed by atoms with van der Waals surface area (Å²) >= 11 is 0. The van der Waals surface area contributed by atoms with Crippen LogP contribution >= 0.6 is 0 Å². The molecule has 0 aliphatic carbocycles. The summed E-state index contributed by atoms with van der Waals surface area (Å²) < 4.78 is 0. The Bertz CT molecular complexity index is 377. The molecule has 1 saturated heterocycles.